The number of rotatable bonds is 8. The third-order valence-corrected chi connectivity index (χ3v) is 9.69. The van der Waals surface area contributed by atoms with Crippen LogP contribution in [0.25, 0.3) is 21.8 Å². The Balaban J connectivity index is 1.20. The van der Waals surface area contributed by atoms with Gasteiger partial charge in [0, 0.05) is 42.6 Å². The molecule has 8 rings (SSSR count). The van der Waals surface area contributed by atoms with Crippen molar-refractivity contribution < 1.29 is 31.1 Å². The monoisotopic (exact) mass is 793 g/mol. The predicted molar refractivity (Wildman–Crippen MR) is 200 cm³/mol. The number of piperidine rings is 1. The third-order valence-electron chi connectivity index (χ3n) is 9.69. The average Bonchev–Trinajstić information content (AvgIpc) is 3.17. The van der Waals surface area contributed by atoms with E-state index in [1.165, 1.54) is 30.6 Å². The van der Waals surface area contributed by atoms with Crippen molar-refractivity contribution in [1.29, 1.82) is 0 Å². The van der Waals surface area contributed by atoms with E-state index in [0.29, 0.717) is 12.4 Å². The topological polar surface area (TPSA) is 178 Å². The molecule has 6 aromatic rings. The first-order valence-electron chi connectivity index (χ1n) is 17.8. The summed E-state index contributed by atoms with van der Waals surface area (Å²) in [6, 6.07) is 9.91. The maximum atomic E-state index is 14.6. The smallest absolute Gasteiger partial charge is 0.377 e. The molecule has 0 spiro atoms. The summed E-state index contributed by atoms with van der Waals surface area (Å²) in [4.78, 5) is 50.4. The number of benzene rings is 2. The number of aromatic amines is 2. The number of hydrogen-bond donors (Lipinski definition) is 6. The summed E-state index contributed by atoms with van der Waals surface area (Å²) in [7, 11) is 0. The molecular formula is C37H33F6N11O3. The number of fused-ring (bicyclic) bond motifs is 2. The number of halogens is 6. The number of nitrogens with one attached hydrogen (secondary N) is 6. The minimum absolute atomic E-state index is 0.0176. The second-order valence-electron chi connectivity index (χ2n) is 13.6. The molecule has 4 aromatic heterocycles. The molecule has 14 nitrogen and oxygen atoms in total. The van der Waals surface area contributed by atoms with Gasteiger partial charge in [-0.25, -0.2) is 19.9 Å². The third kappa shape index (κ3) is 8.03. The van der Waals surface area contributed by atoms with Gasteiger partial charge in [0.05, 0.1) is 54.1 Å². The molecule has 1 unspecified atom stereocenters. The molecule has 2 fully saturated rings. The van der Waals surface area contributed by atoms with Crippen LogP contribution in [0.3, 0.4) is 0 Å². The summed E-state index contributed by atoms with van der Waals surface area (Å²) in [6.07, 6.45) is -5.27. The van der Waals surface area contributed by atoms with Gasteiger partial charge in [-0.15, -0.1) is 0 Å². The van der Waals surface area contributed by atoms with Crippen molar-refractivity contribution in [1.82, 2.24) is 35.2 Å². The second kappa shape index (κ2) is 15.0. The molecule has 0 radical (unpaired) electrons. The highest BCUT2D eigenvalue weighted by Gasteiger charge is 2.35. The van der Waals surface area contributed by atoms with Crippen LogP contribution in [-0.4, -0.2) is 68.8 Å². The lowest BCUT2D eigenvalue weighted by atomic mass is 10.00. The van der Waals surface area contributed by atoms with Crippen molar-refractivity contribution in [2.24, 2.45) is 0 Å². The van der Waals surface area contributed by atoms with Gasteiger partial charge in [-0.2, -0.15) is 26.3 Å². The van der Waals surface area contributed by atoms with Gasteiger partial charge in [0.1, 0.15) is 34.0 Å². The fourth-order valence-corrected chi connectivity index (χ4v) is 7.03. The van der Waals surface area contributed by atoms with Gasteiger partial charge in [0.15, 0.2) is 0 Å². The Morgan fingerprint density at radius 2 is 1.47 bits per heavy atom. The van der Waals surface area contributed by atoms with E-state index in [9.17, 15) is 35.9 Å². The maximum Gasteiger partial charge on any atom is 0.416 e. The molecule has 6 N–H and O–H groups in total. The number of aromatic nitrogens is 6. The van der Waals surface area contributed by atoms with E-state index < -0.39 is 40.6 Å². The van der Waals surface area contributed by atoms with Crippen LogP contribution in [0.4, 0.5) is 61.0 Å². The van der Waals surface area contributed by atoms with Gasteiger partial charge in [-0.1, -0.05) is 6.07 Å². The van der Waals surface area contributed by atoms with Gasteiger partial charge in [0.2, 0.25) is 0 Å². The number of anilines is 6. The lowest BCUT2D eigenvalue weighted by Gasteiger charge is -2.37. The predicted octanol–water partition coefficient (Wildman–Crippen LogP) is 6.22. The van der Waals surface area contributed by atoms with Crippen LogP contribution < -0.4 is 37.3 Å². The molecule has 2 aliphatic heterocycles. The molecule has 6 heterocycles. The number of hydrogen-bond acceptors (Lipinski definition) is 12. The van der Waals surface area contributed by atoms with Crippen molar-refractivity contribution in [3.8, 4) is 0 Å². The van der Waals surface area contributed by atoms with E-state index in [1.807, 2.05) is 0 Å². The molecule has 2 aliphatic rings. The number of alkyl halides is 6. The van der Waals surface area contributed by atoms with Gasteiger partial charge >= 0.3 is 12.4 Å². The summed E-state index contributed by atoms with van der Waals surface area (Å²) in [5, 5.41) is 12.4. The number of pyridine rings is 2. The zero-order valence-electron chi connectivity index (χ0n) is 29.7. The lowest BCUT2D eigenvalue weighted by molar-refractivity contribution is -0.138. The highest BCUT2D eigenvalue weighted by molar-refractivity contribution is 5.93. The summed E-state index contributed by atoms with van der Waals surface area (Å²) in [5.41, 5.74) is -2.61. The van der Waals surface area contributed by atoms with Crippen molar-refractivity contribution in [3.05, 3.63) is 105 Å². The van der Waals surface area contributed by atoms with E-state index in [2.05, 4.69) is 51.2 Å². The Labute approximate surface area is 318 Å². The molecule has 0 amide bonds. The normalized spacial score (nSPS) is 17.8. The average molecular weight is 794 g/mol. The van der Waals surface area contributed by atoms with Crippen LogP contribution in [0.5, 0.6) is 0 Å². The molecule has 2 atom stereocenters. The summed E-state index contributed by atoms with van der Waals surface area (Å²) < 4.78 is 90.2. The largest absolute Gasteiger partial charge is 0.416 e. The molecular weight excluding hydrogens is 760 g/mol. The molecule has 0 bridgehead atoms. The number of H-pyrrole nitrogens is 2. The Morgan fingerprint density at radius 3 is 2.18 bits per heavy atom. The fraction of sp³-hybridized carbons (Fsp3) is 0.297. The molecule has 20 heteroatoms. The van der Waals surface area contributed by atoms with Crippen molar-refractivity contribution in [3.63, 3.8) is 0 Å². The molecule has 2 saturated heterocycles. The Kier molecular flexibility index (Phi) is 9.90. The second-order valence-corrected chi connectivity index (χ2v) is 13.6. The van der Waals surface area contributed by atoms with Crippen LogP contribution in [0, 0.1) is 0 Å². The summed E-state index contributed by atoms with van der Waals surface area (Å²) >= 11 is 0. The molecule has 296 valence electrons. The highest BCUT2D eigenvalue weighted by Crippen LogP contribution is 2.39. The van der Waals surface area contributed by atoms with Crippen LogP contribution in [0.15, 0.2) is 76.8 Å². The Morgan fingerprint density at radius 1 is 0.789 bits per heavy atom. The van der Waals surface area contributed by atoms with E-state index >= 15 is 0 Å². The van der Waals surface area contributed by atoms with Crippen LogP contribution in [-0.2, 0) is 17.1 Å². The van der Waals surface area contributed by atoms with Crippen molar-refractivity contribution in [2.75, 3.05) is 53.7 Å². The van der Waals surface area contributed by atoms with E-state index in [0.717, 1.165) is 50.0 Å². The molecule has 0 aliphatic carbocycles. The van der Waals surface area contributed by atoms with Gasteiger partial charge in [-0.3, -0.25) is 9.59 Å². The number of ether oxygens (including phenoxy) is 1. The van der Waals surface area contributed by atoms with Gasteiger partial charge in [-0.05, 0) is 61.3 Å². The standard InChI is InChI=1S/C37H33F6N11O3/c38-36(39,40)20-3-1-4-22(11-20)50-33-31-26(46-18-48-35(31)56)14-29(53-33)54-7-8-57-16-27(54)19-9-21(37(41,42)43)12-24(10-19)51-32-30-25(45-17-47-34(30)55)13-28(52-32)49-23-5-2-6-44-15-23/h1,3-4,9-14,17-18,23,27,44H,2,5-8,15-16H2,(H,50,53)(H,45,47,55)(H,46,48,56)(H2,49,51,52)/t23-,27?/m1/s1. The zero-order valence-corrected chi connectivity index (χ0v) is 29.7. The van der Waals surface area contributed by atoms with Crippen molar-refractivity contribution in [2.45, 2.75) is 37.3 Å². The fourth-order valence-electron chi connectivity index (χ4n) is 7.03. The molecule has 0 saturated carbocycles. The first kappa shape index (κ1) is 37.6. The first-order chi connectivity index (χ1) is 27.3. The quantitative estimate of drug-likeness (QED) is 0.0962. The summed E-state index contributed by atoms with van der Waals surface area (Å²) in [6.45, 7) is 1.75. The Hall–Kier alpha value is -6.28. The lowest BCUT2D eigenvalue weighted by Crippen LogP contribution is -2.40. The molecule has 2 aromatic carbocycles. The molecule has 57 heavy (non-hydrogen) atoms. The van der Waals surface area contributed by atoms with Crippen molar-refractivity contribution >= 4 is 56.5 Å². The zero-order chi connectivity index (χ0) is 39.9. The number of morpholine rings is 1. The minimum Gasteiger partial charge on any atom is -0.377 e. The van der Waals surface area contributed by atoms with Gasteiger partial charge < -0.3 is 40.9 Å². The Bertz CT molecular complexity index is 2570. The summed E-state index contributed by atoms with van der Waals surface area (Å²) in [5.74, 6) is 0.395. The van der Waals surface area contributed by atoms with E-state index in [1.54, 1.807) is 11.0 Å². The van der Waals surface area contributed by atoms with Crippen LogP contribution in [0.1, 0.15) is 35.6 Å². The number of nitrogens with zero attached hydrogens (tertiary/aromatic N) is 5. The highest BCUT2D eigenvalue weighted by atomic mass is 19.4. The SMILES string of the molecule is O=c1[nH]cnc2cc(N[C@@H]3CCCNC3)nc(Nc3cc(C4COCCN4c4cc5nc[nH]c(=O)c5c(Nc5cccc(C(F)(F)F)c5)n4)cc(C(F)(F)F)c3)c12. The van der Waals surface area contributed by atoms with Crippen LogP contribution in [0.2, 0.25) is 0 Å². The minimum atomic E-state index is -4.80. The van der Waals surface area contributed by atoms with Crippen LogP contribution >= 0.6 is 0 Å². The van der Waals surface area contributed by atoms with E-state index in [-0.39, 0.29) is 82.0 Å². The van der Waals surface area contributed by atoms with Gasteiger partial charge in [0.25, 0.3) is 11.1 Å². The maximum absolute atomic E-state index is 14.6. The first-order valence-corrected chi connectivity index (χ1v) is 17.8. The van der Waals surface area contributed by atoms with E-state index in [4.69, 9.17) is 4.74 Å².